The van der Waals surface area contributed by atoms with Gasteiger partial charge in [0.2, 0.25) is 0 Å². The molecule has 0 aliphatic carbocycles. The summed E-state index contributed by atoms with van der Waals surface area (Å²) in [5.74, 6) is -1.90. The minimum atomic E-state index is -1.98. The smallest absolute Gasteiger partial charge is 0.307 e. The Hall–Kier alpha value is -1.88. The lowest BCUT2D eigenvalue weighted by Crippen LogP contribution is -2.36. The van der Waals surface area contributed by atoms with Crippen molar-refractivity contribution in [3.05, 3.63) is 29.3 Å². The fourth-order valence-corrected chi connectivity index (χ4v) is 2.20. The van der Waals surface area contributed by atoms with Crippen molar-refractivity contribution in [1.82, 2.24) is 0 Å². The number of carboxylic acids is 1. The van der Waals surface area contributed by atoms with Crippen LogP contribution in [0.3, 0.4) is 0 Å². The monoisotopic (exact) mass is 263 g/mol. The molecule has 19 heavy (non-hydrogen) atoms. The minimum absolute atomic E-state index is 0.148. The van der Waals surface area contributed by atoms with Gasteiger partial charge in [-0.15, -0.1) is 0 Å². The highest BCUT2D eigenvalue weighted by Crippen LogP contribution is 2.40. The third kappa shape index (κ3) is 2.21. The van der Waals surface area contributed by atoms with Gasteiger partial charge in [0.1, 0.15) is 0 Å². The average Bonchev–Trinajstić information content (AvgIpc) is 2.49. The van der Waals surface area contributed by atoms with Crippen LogP contribution < -0.4 is 5.32 Å². The van der Waals surface area contributed by atoms with Crippen LogP contribution >= 0.6 is 0 Å². The van der Waals surface area contributed by atoms with E-state index in [1.165, 1.54) is 0 Å². The zero-order valence-electron chi connectivity index (χ0n) is 11.2. The summed E-state index contributed by atoms with van der Waals surface area (Å²) in [6.07, 6.45) is -0.639. The summed E-state index contributed by atoms with van der Waals surface area (Å²) >= 11 is 0. The van der Waals surface area contributed by atoms with Crippen molar-refractivity contribution in [2.75, 3.05) is 5.32 Å². The molecule has 5 nitrogen and oxygen atoms in total. The summed E-state index contributed by atoms with van der Waals surface area (Å²) < 4.78 is 0. The number of carbonyl (C=O) groups is 2. The van der Waals surface area contributed by atoms with E-state index in [4.69, 9.17) is 5.11 Å². The van der Waals surface area contributed by atoms with Crippen molar-refractivity contribution >= 4 is 17.6 Å². The van der Waals surface area contributed by atoms with E-state index in [1.807, 2.05) is 26.8 Å². The van der Waals surface area contributed by atoms with Crippen LogP contribution in [0, 0.1) is 0 Å². The Balaban J connectivity index is 2.55. The number of nitrogens with one attached hydrogen (secondary N) is 1. The number of carbonyl (C=O) groups excluding carboxylic acids is 1. The zero-order valence-corrected chi connectivity index (χ0v) is 11.2. The number of carboxylic acid groups (broad SMARTS) is 1. The van der Waals surface area contributed by atoms with Gasteiger partial charge in [0.25, 0.3) is 5.91 Å². The van der Waals surface area contributed by atoms with E-state index in [2.05, 4.69) is 5.32 Å². The molecular weight excluding hydrogens is 246 g/mol. The topological polar surface area (TPSA) is 86.6 Å². The van der Waals surface area contributed by atoms with Gasteiger partial charge in [0.05, 0.1) is 6.42 Å². The second kappa shape index (κ2) is 4.06. The quantitative estimate of drug-likeness (QED) is 0.756. The average molecular weight is 263 g/mol. The first-order valence-electron chi connectivity index (χ1n) is 6.05. The van der Waals surface area contributed by atoms with Crippen molar-refractivity contribution in [3.63, 3.8) is 0 Å². The Kier molecular flexibility index (Phi) is 2.90. The van der Waals surface area contributed by atoms with E-state index in [0.717, 1.165) is 5.56 Å². The Morgan fingerprint density at radius 1 is 1.37 bits per heavy atom. The van der Waals surface area contributed by atoms with E-state index >= 15 is 0 Å². The van der Waals surface area contributed by atoms with Gasteiger partial charge in [-0.05, 0) is 23.1 Å². The minimum Gasteiger partial charge on any atom is -0.481 e. The first-order chi connectivity index (χ1) is 8.64. The summed E-state index contributed by atoms with van der Waals surface area (Å²) in [7, 11) is 0. The number of benzene rings is 1. The van der Waals surface area contributed by atoms with Crippen LogP contribution in [0.4, 0.5) is 5.69 Å². The number of aliphatic carboxylic acids is 1. The molecule has 0 aromatic heterocycles. The third-order valence-corrected chi connectivity index (χ3v) is 3.36. The summed E-state index contributed by atoms with van der Waals surface area (Å²) in [6, 6.07) is 5.27. The molecule has 1 aliphatic heterocycles. The van der Waals surface area contributed by atoms with Gasteiger partial charge >= 0.3 is 5.97 Å². The van der Waals surface area contributed by atoms with Crippen molar-refractivity contribution in [2.45, 2.75) is 38.2 Å². The molecule has 2 rings (SSSR count). The Morgan fingerprint density at radius 2 is 2.00 bits per heavy atom. The van der Waals surface area contributed by atoms with Gasteiger partial charge in [-0.2, -0.15) is 0 Å². The number of fused-ring (bicyclic) bond motifs is 1. The van der Waals surface area contributed by atoms with Crippen LogP contribution in [-0.4, -0.2) is 22.1 Å². The number of amides is 1. The summed E-state index contributed by atoms with van der Waals surface area (Å²) in [5.41, 5.74) is -0.381. The molecule has 1 aliphatic rings. The zero-order chi connectivity index (χ0) is 14.4. The fraction of sp³-hybridized carbons (Fsp3) is 0.429. The van der Waals surface area contributed by atoms with E-state index in [1.54, 1.807) is 12.1 Å². The molecule has 1 aromatic carbocycles. The molecule has 0 saturated carbocycles. The lowest BCUT2D eigenvalue weighted by Gasteiger charge is -2.23. The summed E-state index contributed by atoms with van der Waals surface area (Å²) in [4.78, 5) is 22.7. The van der Waals surface area contributed by atoms with Crippen molar-refractivity contribution < 1.29 is 19.8 Å². The SMILES string of the molecule is CC(C)(C)c1ccc2c(c1)C(O)(CC(=O)O)C(=O)N2. The second-order valence-electron chi connectivity index (χ2n) is 5.90. The highest BCUT2D eigenvalue weighted by atomic mass is 16.4. The number of rotatable bonds is 2. The number of hydrogen-bond donors (Lipinski definition) is 3. The number of aliphatic hydroxyl groups is 1. The van der Waals surface area contributed by atoms with Crippen LogP contribution in [0.1, 0.15) is 38.3 Å². The third-order valence-electron chi connectivity index (χ3n) is 3.36. The maximum Gasteiger partial charge on any atom is 0.307 e. The maximum atomic E-state index is 11.8. The van der Waals surface area contributed by atoms with Gasteiger partial charge < -0.3 is 15.5 Å². The molecule has 1 atom stereocenters. The van der Waals surface area contributed by atoms with E-state index < -0.39 is 23.9 Å². The van der Waals surface area contributed by atoms with Gasteiger partial charge in [0.15, 0.2) is 5.60 Å². The van der Waals surface area contributed by atoms with Gasteiger partial charge in [0, 0.05) is 11.3 Å². The number of hydrogen-bond acceptors (Lipinski definition) is 3. The van der Waals surface area contributed by atoms with E-state index in [-0.39, 0.29) is 5.41 Å². The first kappa shape index (κ1) is 13.5. The molecule has 1 amide bonds. The number of anilines is 1. The maximum absolute atomic E-state index is 11.8. The molecule has 1 unspecified atom stereocenters. The van der Waals surface area contributed by atoms with Crippen LogP contribution in [-0.2, 0) is 20.6 Å². The molecule has 0 fully saturated rings. The van der Waals surface area contributed by atoms with Crippen LogP contribution in [0.15, 0.2) is 18.2 Å². The molecule has 0 bridgehead atoms. The van der Waals surface area contributed by atoms with Gasteiger partial charge in [-0.3, -0.25) is 9.59 Å². The summed E-state index contributed by atoms with van der Waals surface area (Å²) in [6.45, 7) is 6.03. The molecular formula is C14H17NO4. The van der Waals surface area contributed by atoms with Crippen molar-refractivity contribution in [2.24, 2.45) is 0 Å². The van der Waals surface area contributed by atoms with E-state index in [9.17, 15) is 14.7 Å². The Morgan fingerprint density at radius 3 is 2.53 bits per heavy atom. The van der Waals surface area contributed by atoms with Crippen molar-refractivity contribution in [3.8, 4) is 0 Å². The predicted molar refractivity (Wildman–Crippen MR) is 69.9 cm³/mol. The lowest BCUT2D eigenvalue weighted by atomic mass is 9.83. The van der Waals surface area contributed by atoms with Crippen LogP contribution in [0.2, 0.25) is 0 Å². The van der Waals surface area contributed by atoms with Gasteiger partial charge in [-0.25, -0.2) is 0 Å². The highest BCUT2D eigenvalue weighted by molar-refractivity contribution is 6.06. The summed E-state index contributed by atoms with van der Waals surface area (Å²) in [5, 5.41) is 21.8. The molecule has 0 spiro atoms. The van der Waals surface area contributed by atoms with Crippen molar-refractivity contribution in [1.29, 1.82) is 0 Å². The molecule has 5 heteroatoms. The van der Waals surface area contributed by atoms with Crippen LogP contribution in [0.5, 0.6) is 0 Å². The normalized spacial score (nSPS) is 22.0. The molecule has 0 radical (unpaired) electrons. The Bertz CT molecular complexity index is 559. The van der Waals surface area contributed by atoms with Gasteiger partial charge in [-0.1, -0.05) is 26.8 Å². The standard InChI is InChI=1S/C14H17NO4/c1-13(2,3)8-4-5-10-9(6-8)14(19,7-11(16)17)12(18)15-10/h4-6,19H,7H2,1-3H3,(H,15,18)(H,16,17). The lowest BCUT2D eigenvalue weighted by molar-refractivity contribution is -0.149. The molecule has 3 N–H and O–H groups in total. The largest absolute Gasteiger partial charge is 0.481 e. The van der Waals surface area contributed by atoms with Crippen LogP contribution in [0.25, 0.3) is 0 Å². The molecule has 1 aromatic rings. The molecule has 102 valence electrons. The highest BCUT2D eigenvalue weighted by Gasteiger charge is 2.47. The molecule has 0 saturated heterocycles. The second-order valence-corrected chi connectivity index (χ2v) is 5.90. The fourth-order valence-electron chi connectivity index (χ4n) is 2.20. The Labute approximate surface area is 111 Å². The first-order valence-corrected chi connectivity index (χ1v) is 6.05. The predicted octanol–water partition coefficient (Wildman–Crippen LogP) is 1.60. The molecule has 1 heterocycles. The van der Waals surface area contributed by atoms with E-state index in [0.29, 0.717) is 11.3 Å².